The maximum Gasteiger partial charge on any atom is 0.143 e. The molecule has 5 heteroatoms. The van der Waals surface area contributed by atoms with Crippen LogP contribution in [0.25, 0.3) is 0 Å². The summed E-state index contributed by atoms with van der Waals surface area (Å²) in [4.78, 5) is 12.1. The molecule has 20 heavy (non-hydrogen) atoms. The van der Waals surface area contributed by atoms with Gasteiger partial charge in [0, 0.05) is 13.5 Å². The summed E-state index contributed by atoms with van der Waals surface area (Å²) < 4.78 is 15.1. The predicted molar refractivity (Wildman–Crippen MR) is 76.4 cm³/mol. The lowest BCUT2D eigenvalue weighted by atomic mass is 10.0. The van der Waals surface area contributed by atoms with E-state index in [4.69, 9.17) is 11.6 Å². The van der Waals surface area contributed by atoms with Gasteiger partial charge in [0.05, 0.1) is 22.8 Å². The second-order valence-corrected chi connectivity index (χ2v) is 5.05. The lowest BCUT2D eigenvalue weighted by molar-refractivity contribution is -0.117. The minimum atomic E-state index is -0.355. The van der Waals surface area contributed by atoms with Crippen molar-refractivity contribution in [3.8, 4) is 0 Å². The van der Waals surface area contributed by atoms with Gasteiger partial charge in [-0.2, -0.15) is 5.10 Å². The van der Waals surface area contributed by atoms with Crippen molar-refractivity contribution in [2.45, 2.75) is 26.2 Å². The van der Waals surface area contributed by atoms with Crippen LogP contribution in [0.15, 0.2) is 24.3 Å². The van der Waals surface area contributed by atoms with E-state index in [9.17, 15) is 9.18 Å². The summed E-state index contributed by atoms with van der Waals surface area (Å²) in [5, 5.41) is 4.80. The highest BCUT2D eigenvalue weighted by Crippen LogP contribution is 2.22. The van der Waals surface area contributed by atoms with E-state index in [1.807, 2.05) is 6.92 Å². The molecular formula is C15H16ClFN2O. The maximum atomic E-state index is 13.5. The third-order valence-electron chi connectivity index (χ3n) is 3.21. The highest BCUT2D eigenvalue weighted by atomic mass is 35.5. The first kappa shape index (κ1) is 14.7. The number of carbonyl (C=O) groups excluding carboxylic acids is 1. The molecule has 0 spiro atoms. The Morgan fingerprint density at radius 2 is 2.05 bits per heavy atom. The van der Waals surface area contributed by atoms with Gasteiger partial charge in [0.2, 0.25) is 0 Å². The predicted octanol–water partition coefficient (Wildman–Crippen LogP) is 3.13. The molecule has 0 fully saturated rings. The van der Waals surface area contributed by atoms with E-state index in [1.54, 1.807) is 29.9 Å². The van der Waals surface area contributed by atoms with E-state index in [2.05, 4.69) is 5.10 Å². The van der Waals surface area contributed by atoms with Gasteiger partial charge >= 0.3 is 0 Å². The highest BCUT2D eigenvalue weighted by Gasteiger charge is 2.17. The molecule has 2 rings (SSSR count). The number of Topliss-reactive ketones (excluding diaryl/α,β-unsaturated/α-hetero) is 1. The molecule has 0 bridgehead atoms. The molecule has 0 aliphatic heterocycles. The summed E-state index contributed by atoms with van der Waals surface area (Å²) in [6, 6.07) is 6.30. The number of carbonyl (C=O) groups is 1. The fourth-order valence-corrected chi connectivity index (χ4v) is 2.48. The number of aryl methyl sites for hydroxylation is 2. The quantitative estimate of drug-likeness (QED) is 0.849. The summed E-state index contributed by atoms with van der Waals surface area (Å²) >= 11 is 6.20. The summed E-state index contributed by atoms with van der Waals surface area (Å²) in [6.45, 7) is 1.96. The monoisotopic (exact) mass is 294 g/mol. The fourth-order valence-electron chi connectivity index (χ4n) is 2.12. The molecule has 106 valence electrons. The van der Waals surface area contributed by atoms with E-state index in [0.717, 1.165) is 5.69 Å². The van der Waals surface area contributed by atoms with Gasteiger partial charge in [0.25, 0.3) is 0 Å². The van der Waals surface area contributed by atoms with Crippen molar-refractivity contribution in [2.24, 2.45) is 7.05 Å². The number of rotatable bonds is 5. The summed E-state index contributed by atoms with van der Waals surface area (Å²) in [5.74, 6) is -0.436. The Kier molecular flexibility index (Phi) is 4.55. The number of benzene rings is 1. The normalized spacial score (nSPS) is 10.8. The van der Waals surface area contributed by atoms with E-state index < -0.39 is 0 Å². The first-order chi connectivity index (χ1) is 9.52. The maximum absolute atomic E-state index is 13.5. The van der Waals surface area contributed by atoms with Gasteiger partial charge in [-0.1, -0.05) is 36.7 Å². The van der Waals surface area contributed by atoms with Gasteiger partial charge < -0.3 is 0 Å². The summed E-state index contributed by atoms with van der Waals surface area (Å²) in [7, 11) is 1.76. The Morgan fingerprint density at radius 3 is 2.65 bits per heavy atom. The van der Waals surface area contributed by atoms with E-state index in [-0.39, 0.29) is 24.4 Å². The molecule has 0 atom stereocenters. The highest BCUT2D eigenvalue weighted by molar-refractivity contribution is 6.32. The van der Waals surface area contributed by atoms with Crippen molar-refractivity contribution in [3.63, 3.8) is 0 Å². The third kappa shape index (κ3) is 3.07. The average molecular weight is 295 g/mol. The Bertz CT molecular complexity index is 637. The van der Waals surface area contributed by atoms with Crippen LogP contribution in [0.3, 0.4) is 0 Å². The Balaban J connectivity index is 2.13. The molecule has 0 saturated heterocycles. The zero-order valence-electron chi connectivity index (χ0n) is 11.5. The summed E-state index contributed by atoms with van der Waals surface area (Å²) in [5.41, 5.74) is 1.87. The molecule has 0 aliphatic carbocycles. The molecule has 1 aromatic carbocycles. The zero-order chi connectivity index (χ0) is 14.7. The van der Waals surface area contributed by atoms with Crippen LogP contribution in [0.5, 0.6) is 0 Å². The number of halogens is 2. The molecule has 0 unspecified atom stereocenters. The van der Waals surface area contributed by atoms with Crippen LogP contribution >= 0.6 is 11.6 Å². The SMILES string of the molecule is CCc1nn(C)c(CC(=O)Cc2ccccc2F)c1Cl. The van der Waals surface area contributed by atoms with Crippen molar-refractivity contribution in [1.29, 1.82) is 0 Å². The average Bonchev–Trinajstić information content (AvgIpc) is 2.69. The van der Waals surface area contributed by atoms with Crippen molar-refractivity contribution in [1.82, 2.24) is 9.78 Å². The molecule has 0 radical (unpaired) electrons. The first-order valence-corrected chi connectivity index (χ1v) is 6.86. The molecule has 0 saturated carbocycles. The zero-order valence-corrected chi connectivity index (χ0v) is 12.2. The number of ketones is 1. The Labute approximate surface area is 122 Å². The standard InChI is InChI=1S/C15H16ClFN2O/c1-3-13-15(16)14(19(2)18-13)9-11(20)8-10-6-4-5-7-12(10)17/h4-7H,3,8-9H2,1-2H3. The topological polar surface area (TPSA) is 34.9 Å². The lowest BCUT2D eigenvalue weighted by Gasteiger charge is -2.04. The van der Waals surface area contributed by atoms with Gasteiger partial charge in [-0.05, 0) is 18.1 Å². The molecule has 3 nitrogen and oxygen atoms in total. The van der Waals surface area contributed by atoms with Crippen molar-refractivity contribution < 1.29 is 9.18 Å². The molecule has 0 N–H and O–H groups in total. The van der Waals surface area contributed by atoms with Gasteiger partial charge in [-0.15, -0.1) is 0 Å². The number of nitrogens with zero attached hydrogens (tertiary/aromatic N) is 2. The van der Waals surface area contributed by atoms with Crippen LogP contribution in [0.4, 0.5) is 4.39 Å². The summed E-state index contributed by atoms with van der Waals surface area (Å²) in [6.07, 6.45) is 0.945. The lowest BCUT2D eigenvalue weighted by Crippen LogP contribution is -2.11. The van der Waals surface area contributed by atoms with Gasteiger partial charge in [-0.25, -0.2) is 4.39 Å². The third-order valence-corrected chi connectivity index (χ3v) is 3.65. The van der Waals surface area contributed by atoms with E-state index >= 15 is 0 Å². The molecular weight excluding hydrogens is 279 g/mol. The second kappa shape index (κ2) is 6.18. The smallest absolute Gasteiger partial charge is 0.143 e. The van der Waals surface area contributed by atoms with E-state index in [0.29, 0.717) is 22.7 Å². The molecule has 0 aliphatic rings. The second-order valence-electron chi connectivity index (χ2n) is 4.67. The van der Waals surface area contributed by atoms with Crippen molar-refractivity contribution in [2.75, 3.05) is 0 Å². The molecule has 2 aromatic rings. The van der Waals surface area contributed by atoms with Crippen LogP contribution < -0.4 is 0 Å². The van der Waals surface area contributed by atoms with E-state index in [1.165, 1.54) is 6.07 Å². The number of hydrogen-bond donors (Lipinski definition) is 0. The molecule has 0 amide bonds. The van der Waals surface area contributed by atoms with Crippen molar-refractivity contribution >= 4 is 17.4 Å². The first-order valence-electron chi connectivity index (χ1n) is 6.48. The van der Waals surface area contributed by atoms with Gasteiger partial charge in [-0.3, -0.25) is 9.48 Å². The van der Waals surface area contributed by atoms with Gasteiger partial charge in [0.15, 0.2) is 0 Å². The fraction of sp³-hybridized carbons (Fsp3) is 0.333. The Hall–Kier alpha value is -1.68. The van der Waals surface area contributed by atoms with Crippen molar-refractivity contribution in [3.05, 3.63) is 52.1 Å². The van der Waals surface area contributed by atoms with Gasteiger partial charge in [0.1, 0.15) is 11.6 Å². The minimum absolute atomic E-state index is 0.0651. The van der Waals surface area contributed by atoms with Crippen LogP contribution in [-0.4, -0.2) is 15.6 Å². The van der Waals surface area contributed by atoms with Crippen LogP contribution in [0.2, 0.25) is 5.02 Å². The largest absolute Gasteiger partial charge is 0.299 e. The van der Waals surface area contributed by atoms with Crippen LogP contribution in [-0.2, 0) is 31.1 Å². The Morgan fingerprint density at radius 1 is 1.35 bits per heavy atom. The molecule has 1 heterocycles. The van der Waals surface area contributed by atoms with Crippen LogP contribution in [0, 0.1) is 5.82 Å². The van der Waals surface area contributed by atoms with Crippen LogP contribution in [0.1, 0.15) is 23.9 Å². The number of hydrogen-bond acceptors (Lipinski definition) is 2. The minimum Gasteiger partial charge on any atom is -0.299 e. The molecule has 1 aromatic heterocycles. The number of aromatic nitrogens is 2.